The van der Waals surface area contributed by atoms with Crippen molar-refractivity contribution < 1.29 is 183 Å². The molecule has 1 aliphatic rings. The van der Waals surface area contributed by atoms with Crippen LogP contribution in [0.1, 0.15) is 19.8 Å². The van der Waals surface area contributed by atoms with Crippen LogP contribution in [-0.2, 0) is 14.2 Å². The van der Waals surface area contributed by atoms with Crippen LogP contribution < -0.4 is 174 Å². The maximum atomic E-state index is 11.7. The monoisotopic (exact) mass is 380 g/mol. The van der Waals surface area contributed by atoms with Gasteiger partial charge in [-0.1, -0.05) is 0 Å². The van der Waals surface area contributed by atoms with Crippen LogP contribution in [0.2, 0.25) is 0 Å². The van der Waals surface area contributed by atoms with Crippen molar-refractivity contribution in [3.63, 3.8) is 0 Å². The summed E-state index contributed by atoms with van der Waals surface area (Å²) < 4.78 is 10.4. The van der Waals surface area contributed by atoms with Crippen molar-refractivity contribution in [1.82, 2.24) is 9.99 Å². The van der Waals surface area contributed by atoms with E-state index in [9.17, 15) is 29.0 Å². The predicted molar refractivity (Wildman–Crippen MR) is 49.9 cm³/mol. The van der Waals surface area contributed by atoms with Gasteiger partial charge in [0.25, 0.3) is 0 Å². The van der Waals surface area contributed by atoms with Crippen LogP contribution in [0.3, 0.4) is 0 Å². The number of carbonyl (C=O) groups is 2. The molecule has 1 saturated heterocycles. The summed E-state index contributed by atoms with van der Waals surface area (Å²) in [6, 6.07) is -2.32. The molecule has 1 rings (SSSR count). The van der Waals surface area contributed by atoms with E-state index in [1.807, 2.05) is 0 Å². The molecule has 0 radical (unpaired) electrons. The van der Waals surface area contributed by atoms with Crippen molar-refractivity contribution in [2.24, 2.45) is 0 Å². The molecular formula is C8H12K3N2O6P. The molecule has 0 saturated carbocycles. The first-order valence-corrected chi connectivity index (χ1v) is 6.58. The number of nitrogens with zero attached hydrogens (tertiary/aromatic N) is 1. The molecule has 1 amide bonds. The summed E-state index contributed by atoms with van der Waals surface area (Å²) in [5, 5.41) is 12.3. The van der Waals surface area contributed by atoms with Gasteiger partial charge in [-0.15, -0.1) is 0 Å². The fourth-order valence-corrected chi connectivity index (χ4v) is 2.40. The van der Waals surface area contributed by atoms with E-state index in [1.54, 1.807) is 5.09 Å². The van der Waals surface area contributed by atoms with Crippen LogP contribution in [-0.4, -0.2) is 35.4 Å². The molecule has 20 heavy (non-hydrogen) atoms. The summed E-state index contributed by atoms with van der Waals surface area (Å²) in [5.74, 6) is -2.11. The van der Waals surface area contributed by atoms with Gasteiger partial charge in [-0.25, -0.2) is 0 Å². The van der Waals surface area contributed by atoms with Gasteiger partial charge in [-0.3, -0.25) is 9.88 Å². The van der Waals surface area contributed by atoms with Gasteiger partial charge in [0.15, 0.2) is 0 Å². The summed E-state index contributed by atoms with van der Waals surface area (Å²) in [7, 11) is -5.02. The third kappa shape index (κ3) is 10.1. The molecule has 12 heteroatoms. The zero-order valence-electron chi connectivity index (χ0n) is 12.1. The predicted octanol–water partition coefficient (Wildman–Crippen LogP) is -12.5. The van der Waals surface area contributed by atoms with Crippen molar-refractivity contribution in [1.29, 1.82) is 0 Å². The molecule has 0 bridgehead atoms. The molecule has 1 fully saturated rings. The normalized spacial score (nSPS) is 19.1. The third-order valence-electron chi connectivity index (χ3n) is 2.53. The van der Waals surface area contributed by atoms with Crippen LogP contribution in [0, 0.1) is 0 Å². The Morgan fingerprint density at radius 3 is 2.20 bits per heavy atom. The van der Waals surface area contributed by atoms with E-state index in [0.717, 1.165) is 4.90 Å². The number of carbonyl (C=O) groups excluding carboxylic acids is 2. The molecule has 2 atom stereocenters. The van der Waals surface area contributed by atoms with Gasteiger partial charge >= 0.3 is 154 Å². The molecule has 0 aromatic rings. The van der Waals surface area contributed by atoms with E-state index in [2.05, 4.69) is 0 Å². The summed E-state index contributed by atoms with van der Waals surface area (Å²) >= 11 is 0. The topological polar surface area (TPSA) is 136 Å². The summed E-state index contributed by atoms with van der Waals surface area (Å²) in [4.78, 5) is 44.3. The Hall–Kier alpha value is 3.96. The summed E-state index contributed by atoms with van der Waals surface area (Å²) in [6.45, 7) is 1.40. The maximum Gasteiger partial charge on any atom is 1.00 e. The minimum atomic E-state index is -5.02. The zero-order valence-corrected chi connectivity index (χ0v) is 22.4. The van der Waals surface area contributed by atoms with Gasteiger partial charge in [-0.05, 0) is 27.5 Å². The van der Waals surface area contributed by atoms with Crippen molar-refractivity contribution >= 4 is 19.6 Å². The smallest absolute Gasteiger partial charge is 0.799 e. The Morgan fingerprint density at radius 1 is 1.30 bits per heavy atom. The van der Waals surface area contributed by atoms with E-state index in [0.29, 0.717) is 6.42 Å². The average Bonchev–Trinajstić information content (AvgIpc) is 2.61. The molecular weight excluding hydrogens is 368 g/mol. The number of amides is 1. The first-order valence-electron chi connectivity index (χ1n) is 5.03. The third-order valence-corrected chi connectivity index (χ3v) is 3.23. The first-order chi connectivity index (χ1) is 7.72. The Labute approximate surface area is 245 Å². The largest absolute Gasteiger partial charge is 1.00 e. The minimum absolute atomic E-state index is 0. The van der Waals surface area contributed by atoms with Gasteiger partial charge in [-0.2, -0.15) is 0 Å². The number of nitrogens with one attached hydrogen (secondary N) is 1. The Morgan fingerprint density at radius 2 is 1.80 bits per heavy atom. The molecule has 0 aliphatic carbocycles. The van der Waals surface area contributed by atoms with E-state index >= 15 is 0 Å². The zero-order chi connectivity index (χ0) is 13.2. The average molecular weight is 380 g/mol. The number of likely N-dealkylation sites (tertiary alicyclic amines) is 1. The van der Waals surface area contributed by atoms with Crippen LogP contribution in [0.15, 0.2) is 0 Å². The van der Waals surface area contributed by atoms with E-state index < -0.39 is 31.7 Å². The Kier molecular flexibility index (Phi) is 19.0. The molecule has 0 unspecified atom stereocenters. The molecule has 1 N–H and O–H groups in total. The Balaban J connectivity index is -0.000000963. The fourth-order valence-electron chi connectivity index (χ4n) is 1.82. The van der Waals surface area contributed by atoms with Crippen molar-refractivity contribution in [2.45, 2.75) is 31.8 Å². The molecule has 98 valence electrons. The number of carboxylic acid groups (broad SMARTS) is 1. The van der Waals surface area contributed by atoms with Crippen LogP contribution in [0.4, 0.5) is 0 Å². The van der Waals surface area contributed by atoms with E-state index in [-0.39, 0.29) is 167 Å². The molecule has 0 spiro atoms. The number of aliphatic carboxylic acids is 1. The fraction of sp³-hybridized carbons (Fsp3) is 0.750. The molecule has 1 aliphatic heterocycles. The SMILES string of the molecule is C[C@H](NP(=O)([O-])[O-])C(=O)N1CCC[C@H]1C(=O)[O-].[K+].[K+].[K+]. The summed E-state index contributed by atoms with van der Waals surface area (Å²) in [6.07, 6.45) is 0.775. The number of hydrogen-bond acceptors (Lipinski definition) is 6. The molecule has 8 nitrogen and oxygen atoms in total. The molecule has 1 heterocycles. The number of hydrogen-bond donors (Lipinski definition) is 1. The van der Waals surface area contributed by atoms with Crippen LogP contribution >= 0.6 is 7.75 Å². The van der Waals surface area contributed by atoms with Gasteiger partial charge in [0.2, 0.25) is 5.91 Å². The summed E-state index contributed by atoms with van der Waals surface area (Å²) in [5.41, 5.74) is 0. The maximum absolute atomic E-state index is 11.7. The van der Waals surface area contributed by atoms with Gasteiger partial charge < -0.3 is 29.2 Å². The quantitative estimate of drug-likeness (QED) is 0.378. The van der Waals surface area contributed by atoms with E-state index in [4.69, 9.17) is 0 Å². The first kappa shape index (κ1) is 28.7. The van der Waals surface area contributed by atoms with Gasteiger partial charge in [0.1, 0.15) is 0 Å². The van der Waals surface area contributed by atoms with Crippen LogP contribution in [0.25, 0.3) is 0 Å². The molecule has 0 aromatic carbocycles. The minimum Gasteiger partial charge on any atom is -0.799 e. The standard InChI is InChI=1S/C8H15N2O6P.3K/c1-5(9-17(14,15)16)7(11)10-4-2-3-6(10)8(12)13;;;/h5-6H,2-4H2,1H3,(H,12,13)(H3,9,14,15,16);;;/q;3*+1/p-3/t5-,6-;;;/m0.../s1. The van der Waals surface area contributed by atoms with Gasteiger partial charge in [0, 0.05) is 6.54 Å². The second kappa shape index (κ2) is 13.2. The van der Waals surface area contributed by atoms with E-state index in [1.165, 1.54) is 6.92 Å². The molecule has 0 aromatic heterocycles. The van der Waals surface area contributed by atoms with Crippen molar-refractivity contribution in [3.8, 4) is 0 Å². The number of carboxylic acids is 1. The Bertz CT molecular complexity index is 379. The second-order valence-corrected chi connectivity index (χ2v) is 5.11. The van der Waals surface area contributed by atoms with Crippen LogP contribution in [0.5, 0.6) is 0 Å². The van der Waals surface area contributed by atoms with Crippen molar-refractivity contribution in [3.05, 3.63) is 0 Å². The second-order valence-electron chi connectivity index (χ2n) is 3.86. The van der Waals surface area contributed by atoms with Crippen molar-refractivity contribution in [2.75, 3.05) is 6.54 Å². The number of rotatable bonds is 4. The van der Waals surface area contributed by atoms with Gasteiger partial charge in [0.05, 0.1) is 18.1 Å².